The molecule has 0 spiro atoms. The molecule has 0 saturated carbocycles. The van der Waals surface area contributed by atoms with E-state index in [9.17, 15) is 4.79 Å². The summed E-state index contributed by atoms with van der Waals surface area (Å²) >= 11 is 0. The van der Waals surface area contributed by atoms with E-state index in [-0.39, 0.29) is 5.97 Å². The molecule has 0 radical (unpaired) electrons. The van der Waals surface area contributed by atoms with E-state index in [4.69, 9.17) is 9.84 Å². The van der Waals surface area contributed by atoms with Gasteiger partial charge in [-0.2, -0.15) is 0 Å². The molecule has 0 heterocycles. The Morgan fingerprint density at radius 3 is 1.29 bits per heavy atom. The molecule has 0 aromatic rings. The third kappa shape index (κ3) is 27.4. The first-order valence-electron chi connectivity index (χ1n) is 14.1. The summed E-state index contributed by atoms with van der Waals surface area (Å²) in [5.74, 6) is 0.0105. The van der Waals surface area contributed by atoms with Crippen LogP contribution in [0.3, 0.4) is 0 Å². The minimum Gasteiger partial charge on any atom is -0.466 e. The van der Waals surface area contributed by atoms with Crippen LogP contribution < -0.4 is 0 Å². The number of unbranched alkanes of at least 4 members (excludes halogenated alkanes) is 21. The zero-order valence-corrected chi connectivity index (χ0v) is 21.1. The van der Waals surface area contributed by atoms with Crippen LogP contribution in [0, 0.1) is 0 Å². The molecule has 0 aromatic heterocycles. The van der Waals surface area contributed by atoms with Gasteiger partial charge in [0.15, 0.2) is 0 Å². The molecule has 31 heavy (non-hydrogen) atoms. The molecule has 0 bridgehead atoms. The highest BCUT2D eigenvalue weighted by Crippen LogP contribution is 2.13. The Hall–Kier alpha value is -0.570. The lowest BCUT2D eigenvalue weighted by molar-refractivity contribution is -0.143. The topological polar surface area (TPSA) is 46.5 Å². The molecule has 3 nitrogen and oxygen atoms in total. The summed E-state index contributed by atoms with van der Waals surface area (Å²) in [5, 5.41) is 8.74. The van der Waals surface area contributed by atoms with Gasteiger partial charge in [0, 0.05) is 13.0 Å². The summed E-state index contributed by atoms with van der Waals surface area (Å²) in [6.07, 6.45) is 30.0. The van der Waals surface area contributed by atoms with Crippen molar-refractivity contribution in [2.75, 3.05) is 13.2 Å². The Bertz CT molecular complexity index is 343. The van der Waals surface area contributed by atoms with E-state index in [1.807, 2.05) is 0 Å². The van der Waals surface area contributed by atoms with Gasteiger partial charge in [0.1, 0.15) is 0 Å². The van der Waals surface area contributed by atoms with E-state index in [2.05, 4.69) is 6.92 Å². The Balaban J connectivity index is 3.12. The number of carbonyl (C=O) groups excluding carboxylic acids is 1. The van der Waals surface area contributed by atoms with Gasteiger partial charge in [0.05, 0.1) is 6.61 Å². The van der Waals surface area contributed by atoms with Gasteiger partial charge in [0.2, 0.25) is 0 Å². The molecular weight excluding hydrogens is 384 g/mol. The predicted molar refractivity (Wildman–Crippen MR) is 135 cm³/mol. The van der Waals surface area contributed by atoms with Crippen LogP contribution in [0.4, 0.5) is 0 Å². The third-order valence-electron chi connectivity index (χ3n) is 6.30. The number of hydrogen-bond acceptors (Lipinski definition) is 3. The van der Waals surface area contributed by atoms with Crippen LogP contribution >= 0.6 is 0 Å². The molecule has 0 aliphatic carbocycles. The molecule has 1 N–H and O–H groups in total. The number of rotatable bonds is 26. The predicted octanol–water partition coefficient (Wildman–Crippen LogP) is 8.90. The summed E-state index contributed by atoms with van der Waals surface area (Å²) in [7, 11) is 0. The number of ether oxygens (including phenoxy) is 1. The quantitative estimate of drug-likeness (QED) is 0.108. The maximum atomic E-state index is 11.8. The lowest BCUT2D eigenvalue weighted by Crippen LogP contribution is -2.05. The van der Waals surface area contributed by atoms with E-state index in [1.54, 1.807) is 0 Å². The van der Waals surface area contributed by atoms with E-state index < -0.39 is 0 Å². The van der Waals surface area contributed by atoms with Crippen LogP contribution in [-0.4, -0.2) is 24.3 Å². The monoisotopic (exact) mass is 440 g/mol. The van der Waals surface area contributed by atoms with Crippen LogP contribution in [0.2, 0.25) is 0 Å². The molecule has 3 heteroatoms. The number of carbonyl (C=O) groups is 1. The number of hydrogen-bond donors (Lipinski definition) is 1. The van der Waals surface area contributed by atoms with Crippen molar-refractivity contribution in [2.45, 2.75) is 161 Å². The zero-order chi connectivity index (χ0) is 22.7. The normalized spacial score (nSPS) is 11.2. The molecule has 0 fully saturated rings. The first-order valence-corrected chi connectivity index (χ1v) is 14.1. The standard InChI is InChI=1S/C28H56O3/c1-2-3-4-5-6-13-16-19-22-25-28(30)31-27-24-21-18-15-12-10-8-7-9-11-14-17-20-23-26-29/h29H,2-27H2,1H3. The smallest absolute Gasteiger partial charge is 0.305 e. The molecule has 0 aromatic carbocycles. The van der Waals surface area contributed by atoms with Crippen molar-refractivity contribution in [3.63, 3.8) is 0 Å². The fourth-order valence-corrected chi connectivity index (χ4v) is 4.17. The maximum Gasteiger partial charge on any atom is 0.305 e. The van der Waals surface area contributed by atoms with Crippen molar-refractivity contribution in [3.8, 4) is 0 Å². The van der Waals surface area contributed by atoms with Crippen molar-refractivity contribution in [2.24, 2.45) is 0 Å². The van der Waals surface area contributed by atoms with Crippen molar-refractivity contribution in [3.05, 3.63) is 0 Å². The lowest BCUT2D eigenvalue weighted by atomic mass is 10.0. The molecule has 0 amide bonds. The van der Waals surface area contributed by atoms with Crippen molar-refractivity contribution in [1.29, 1.82) is 0 Å². The molecule has 0 unspecified atom stereocenters. The van der Waals surface area contributed by atoms with E-state index in [0.29, 0.717) is 19.6 Å². The zero-order valence-electron chi connectivity index (χ0n) is 21.1. The van der Waals surface area contributed by atoms with Gasteiger partial charge in [-0.15, -0.1) is 0 Å². The maximum absolute atomic E-state index is 11.8. The van der Waals surface area contributed by atoms with E-state index in [1.165, 1.54) is 128 Å². The summed E-state index contributed by atoms with van der Waals surface area (Å²) in [5.41, 5.74) is 0. The Kier molecular flexibility index (Phi) is 27.0. The number of aliphatic hydroxyl groups is 1. The second-order valence-electron chi connectivity index (χ2n) is 9.47. The minimum absolute atomic E-state index is 0.0105. The second kappa shape index (κ2) is 27.5. The van der Waals surface area contributed by atoms with Crippen LogP contribution in [-0.2, 0) is 9.53 Å². The van der Waals surface area contributed by atoms with Crippen LogP contribution in [0.1, 0.15) is 161 Å². The lowest BCUT2D eigenvalue weighted by Gasteiger charge is -2.06. The second-order valence-corrected chi connectivity index (χ2v) is 9.47. The average molecular weight is 441 g/mol. The van der Waals surface area contributed by atoms with Gasteiger partial charge in [0.25, 0.3) is 0 Å². The highest BCUT2D eigenvalue weighted by molar-refractivity contribution is 5.69. The Labute approximate surface area is 195 Å². The largest absolute Gasteiger partial charge is 0.466 e. The first-order chi connectivity index (χ1) is 15.3. The van der Waals surface area contributed by atoms with Gasteiger partial charge < -0.3 is 9.84 Å². The number of esters is 1. The molecule has 186 valence electrons. The SMILES string of the molecule is CCCCCCCCCCCC(=O)OCCCCCCCCCCCCCCCCO. The van der Waals surface area contributed by atoms with Crippen molar-refractivity contribution >= 4 is 5.97 Å². The summed E-state index contributed by atoms with van der Waals surface area (Å²) in [4.78, 5) is 11.8. The first kappa shape index (κ1) is 30.4. The van der Waals surface area contributed by atoms with Crippen LogP contribution in [0.5, 0.6) is 0 Å². The van der Waals surface area contributed by atoms with Gasteiger partial charge in [-0.1, -0.05) is 135 Å². The summed E-state index contributed by atoms with van der Waals surface area (Å²) in [6.45, 7) is 3.23. The van der Waals surface area contributed by atoms with Crippen LogP contribution in [0.15, 0.2) is 0 Å². The fraction of sp³-hybridized carbons (Fsp3) is 0.964. The minimum atomic E-state index is 0.0105. The molecule has 0 atom stereocenters. The van der Waals surface area contributed by atoms with E-state index >= 15 is 0 Å². The number of aliphatic hydroxyl groups excluding tert-OH is 1. The molecule has 0 aliphatic heterocycles. The Morgan fingerprint density at radius 2 is 0.871 bits per heavy atom. The molecular formula is C28H56O3. The molecule has 0 rings (SSSR count). The summed E-state index contributed by atoms with van der Waals surface area (Å²) < 4.78 is 5.38. The summed E-state index contributed by atoms with van der Waals surface area (Å²) in [6, 6.07) is 0. The highest BCUT2D eigenvalue weighted by atomic mass is 16.5. The Morgan fingerprint density at radius 1 is 0.516 bits per heavy atom. The fourth-order valence-electron chi connectivity index (χ4n) is 4.17. The van der Waals surface area contributed by atoms with E-state index in [0.717, 1.165) is 19.3 Å². The van der Waals surface area contributed by atoms with Gasteiger partial charge in [-0.3, -0.25) is 4.79 Å². The van der Waals surface area contributed by atoms with Gasteiger partial charge >= 0.3 is 5.97 Å². The van der Waals surface area contributed by atoms with Crippen LogP contribution in [0.25, 0.3) is 0 Å². The van der Waals surface area contributed by atoms with Crippen molar-refractivity contribution in [1.82, 2.24) is 0 Å². The van der Waals surface area contributed by atoms with Gasteiger partial charge in [-0.05, 0) is 19.3 Å². The average Bonchev–Trinajstić information content (AvgIpc) is 2.77. The van der Waals surface area contributed by atoms with Gasteiger partial charge in [-0.25, -0.2) is 0 Å². The highest BCUT2D eigenvalue weighted by Gasteiger charge is 2.02. The molecule has 0 saturated heterocycles. The van der Waals surface area contributed by atoms with Crippen molar-refractivity contribution < 1.29 is 14.6 Å². The third-order valence-corrected chi connectivity index (χ3v) is 6.30. The molecule has 0 aliphatic rings.